The second-order valence-electron chi connectivity index (χ2n) is 4.28. The van der Waals surface area contributed by atoms with Crippen LogP contribution in [-0.2, 0) is 17.6 Å². The van der Waals surface area contributed by atoms with Gasteiger partial charge < -0.3 is 0 Å². The fraction of sp³-hybridized carbons (Fsp3) is 0.143. The van der Waals surface area contributed by atoms with E-state index in [0.717, 1.165) is 0 Å². The molecule has 0 aliphatic rings. The first kappa shape index (κ1) is 18.5. The summed E-state index contributed by atoms with van der Waals surface area (Å²) in [6.07, 6.45) is -2.15. The molecule has 126 valence electrons. The van der Waals surface area contributed by atoms with E-state index in [1.54, 1.807) is 18.2 Å². The van der Waals surface area contributed by atoms with Gasteiger partial charge in [-0.2, -0.15) is 18.4 Å². The summed E-state index contributed by atoms with van der Waals surface area (Å²) in [5, 5.41) is 9.60. The Morgan fingerprint density at radius 3 is 2.54 bits per heavy atom. The molecule has 1 aromatic carbocycles. The van der Waals surface area contributed by atoms with Crippen molar-refractivity contribution in [2.45, 2.75) is 12.8 Å². The minimum atomic E-state index is -4.67. The molecular formula is C14H8Cl2F3N3OS. The van der Waals surface area contributed by atoms with E-state index in [2.05, 4.69) is 10.5 Å². The maximum Gasteiger partial charge on any atom is 0.435 e. The number of hydrogen-bond acceptors (Lipinski definition) is 5. The van der Waals surface area contributed by atoms with Crippen LogP contribution in [0.4, 0.5) is 13.2 Å². The maximum absolute atomic E-state index is 12.7. The third kappa shape index (κ3) is 4.61. The van der Waals surface area contributed by atoms with Gasteiger partial charge in [0.2, 0.25) is 0 Å². The summed E-state index contributed by atoms with van der Waals surface area (Å²) >= 11 is 12.6. The lowest BCUT2D eigenvalue weighted by Gasteiger charge is -2.06. The second-order valence-corrected chi connectivity index (χ2v) is 6.12. The number of rotatable bonds is 5. The molecule has 10 heteroatoms. The quantitative estimate of drug-likeness (QED) is 0.571. The Morgan fingerprint density at radius 1 is 1.33 bits per heavy atom. The van der Waals surface area contributed by atoms with Crippen molar-refractivity contribution in [3.8, 4) is 6.07 Å². The van der Waals surface area contributed by atoms with E-state index in [1.807, 2.05) is 0 Å². The van der Waals surface area contributed by atoms with E-state index >= 15 is 0 Å². The molecule has 1 aromatic heterocycles. The van der Waals surface area contributed by atoms with Gasteiger partial charge in [-0.15, -0.1) is 11.3 Å². The molecule has 0 aliphatic carbocycles. The highest BCUT2D eigenvalue weighted by Gasteiger charge is 2.37. The van der Waals surface area contributed by atoms with Crippen molar-refractivity contribution in [1.82, 2.24) is 10.5 Å². The van der Waals surface area contributed by atoms with E-state index in [-0.39, 0.29) is 11.6 Å². The zero-order chi connectivity index (χ0) is 17.7. The molecule has 0 saturated carbocycles. The van der Waals surface area contributed by atoms with Crippen molar-refractivity contribution < 1.29 is 18.0 Å². The summed E-state index contributed by atoms with van der Waals surface area (Å²) in [4.78, 5) is 8.01. The van der Waals surface area contributed by atoms with Crippen LogP contribution in [0.5, 0.6) is 0 Å². The Balaban J connectivity index is 1.96. The lowest BCUT2D eigenvalue weighted by atomic mass is 10.2. The van der Waals surface area contributed by atoms with Gasteiger partial charge in [0.25, 0.3) is 0 Å². The van der Waals surface area contributed by atoms with E-state index in [9.17, 15) is 13.2 Å². The molecule has 2 rings (SSSR count). The van der Waals surface area contributed by atoms with Gasteiger partial charge in [0, 0.05) is 21.8 Å². The molecule has 1 heterocycles. The molecule has 0 radical (unpaired) electrons. The van der Waals surface area contributed by atoms with Crippen molar-refractivity contribution in [2.75, 3.05) is 0 Å². The van der Waals surface area contributed by atoms with E-state index in [0.29, 0.717) is 26.9 Å². The standard InChI is InChI=1S/C14H8Cl2F3N3OS/c15-9-2-1-3-10(16)8(9)7-23-21-5-4-12-22-13(14(17,18)19)11(6-20)24-12/h1-5,21H,7H2/b5-4+. The second kappa shape index (κ2) is 7.85. The summed E-state index contributed by atoms with van der Waals surface area (Å²) < 4.78 is 38.0. The van der Waals surface area contributed by atoms with E-state index in [4.69, 9.17) is 33.3 Å². The highest BCUT2D eigenvalue weighted by Crippen LogP contribution is 2.34. The molecule has 0 fully saturated rings. The van der Waals surface area contributed by atoms with Gasteiger partial charge in [-0.1, -0.05) is 29.3 Å². The highest BCUT2D eigenvalue weighted by molar-refractivity contribution is 7.13. The molecule has 0 bridgehead atoms. The normalized spacial score (nSPS) is 11.7. The third-order valence-electron chi connectivity index (χ3n) is 2.67. The Hall–Kier alpha value is -1.79. The van der Waals surface area contributed by atoms with Crippen LogP contribution in [0.25, 0.3) is 6.08 Å². The Kier molecular flexibility index (Phi) is 6.07. The molecule has 4 nitrogen and oxygen atoms in total. The number of nitriles is 1. The molecule has 0 aliphatic heterocycles. The SMILES string of the molecule is N#Cc1sc(/C=C/NOCc2c(Cl)cccc2Cl)nc1C(F)(F)F. The topological polar surface area (TPSA) is 57.9 Å². The molecule has 0 saturated heterocycles. The number of halogens is 5. The zero-order valence-corrected chi connectivity index (χ0v) is 14.0. The van der Waals surface area contributed by atoms with Crippen molar-refractivity contribution in [3.05, 3.63) is 55.6 Å². The average Bonchev–Trinajstić information content (AvgIpc) is 2.93. The first-order chi connectivity index (χ1) is 11.3. The van der Waals surface area contributed by atoms with Crippen LogP contribution in [-0.4, -0.2) is 4.98 Å². The summed E-state index contributed by atoms with van der Waals surface area (Å²) in [6.45, 7) is 0.0535. The van der Waals surface area contributed by atoms with Gasteiger partial charge in [0.1, 0.15) is 22.6 Å². The number of nitrogens with one attached hydrogen (secondary N) is 1. The number of hydroxylamine groups is 1. The van der Waals surface area contributed by atoms with E-state index in [1.165, 1.54) is 18.3 Å². The number of alkyl halides is 3. The van der Waals surface area contributed by atoms with Crippen LogP contribution in [0.3, 0.4) is 0 Å². The minimum absolute atomic E-state index is 0.0192. The molecule has 0 unspecified atom stereocenters. The number of benzene rings is 1. The smallest absolute Gasteiger partial charge is 0.274 e. The first-order valence-electron chi connectivity index (χ1n) is 6.28. The first-order valence-corrected chi connectivity index (χ1v) is 7.85. The largest absolute Gasteiger partial charge is 0.435 e. The molecule has 1 N–H and O–H groups in total. The Bertz CT molecular complexity index is 779. The molecule has 0 atom stereocenters. The number of aromatic nitrogens is 1. The summed E-state index contributed by atoms with van der Waals surface area (Å²) in [6, 6.07) is 6.47. The van der Waals surface area contributed by atoms with Crippen LogP contribution in [0.15, 0.2) is 24.4 Å². The summed E-state index contributed by atoms with van der Waals surface area (Å²) in [5.41, 5.74) is 1.80. The number of thiazole rings is 1. The van der Waals surface area contributed by atoms with Crippen LogP contribution in [0.1, 0.15) is 21.1 Å². The van der Waals surface area contributed by atoms with Gasteiger partial charge in [-0.3, -0.25) is 10.3 Å². The highest BCUT2D eigenvalue weighted by atomic mass is 35.5. The van der Waals surface area contributed by atoms with Gasteiger partial charge in [0.05, 0.1) is 0 Å². The van der Waals surface area contributed by atoms with Crippen LogP contribution < -0.4 is 5.48 Å². The fourth-order valence-electron chi connectivity index (χ4n) is 1.61. The van der Waals surface area contributed by atoms with Crippen molar-refractivity contribution >= 4 is 40.6 Å². The van der Waals surface area contributed by atoms with Crippen LogP contribution in [0.2, 0.25) is 10.0 Å². The lowest BCUT2D eigenvalue weighted by Crippen LogP contribution is -2.08. The molecule has 2 aromatic rings. The number of hydrogen-bond donors (Lipinski definition) is 1. The van der Waals surface area contributed by atoms with Gasteiger partial charge >= 0.3 is 6.18 Å². The summed E-state index contributed by atoms with van der Waals surface area (Å²) in [7, 11) is 0. The number of nitrogens with zero attached hydrogens (tertiary/aromatic N) is 2. The monoisotopic (exact) mass is 393 g/mol. The lowest BCUT2D eigenvalue weighted by molar-refractivity contribution is -0.140. The Morgan fingerprint density at radius 2 is 2.00 bits per heavy atom. The zero-order valence-electron chi connectivity index (χ0n) is 11.7. The van der Waals surface area contributed by atoms with Crippen LogP contribution in [0, 0.1) is 11.3 Å². The minimum Gasteiger partial charge on any atom is -0.274 e. The predicted molar refractivity (Wildman–Crippen MR) is 85.3 cm³/mol. The fourth-order valence-corrected chi connectivity index (χ4v) is 2.91. The molecular weight excluding hydrogens is 386 g/mol. The van der Waals surface area contributed by atoms with Crippen molar-refractivity contribution in [2.24, 2.45) is 0 Å². The predicted octanol–water partition coefficient (Wildman–Crippen LogP) is 5.03. The van der Waals surface area contributed by atoms with Gasteiger partial charge in [-0.05, 0) is 18.2 Å². The van der Waals surface area contributed by atoms with Crippen LogP contribution >= 0.6 is 34.5 Å². The maximum atomic E-state index is 12.7. The average molecular weight is 394 g/mol. The third-order valence-corrected chi connectivity index (χ3v) is 4.30. The van der Waals surface area contributed by atoms with E-state index < -0.39 is 16.7 Å². The van der Waals surface area contributed by atoms with Gasteiger partial charge in [0.15, 0.2) is 5.69 Å². The van der Waals surface area contributed by atoms with Gasteiger partial charge in [-0.25, -0.2) is 4.98 Å². The summed E-state index contributed by atoms with van der Waals surface area (Å²) in [5.74, 6) is 0. The van der Waals surface area contributed by atoms with Crippen molar-refractivity contribution in [1.29, 1.82) is 5.26 Å². The van der Waals surface area contributed by atoms with Crippen molar-refractivity contribution in [3.63, 3.8) is 0 Å². The Labute approximate surface area is 149 Å². The molecule has 24 heavy (non-hydrogen) atoms. The molecule has 0 amide bonds. The molecule has 0 spiro atoms.